The molecular weight excluding hydrogens is 387 g/mol. The van der Waals surface area contributed by atoms with Crippen molar-refractivity contribution in [1.29, 1.82) is 0 Å². The third-order valence-electron chi connectivity index (χ3n) is 3.87. The quantitative estimate of drug-likeness (QED) is 0.757. The number of carbonyl (C=O) groups is 2. The molecule has 10 heteroatoms. The van der Waals surface area contributed by atoms with E-state index < -0.39 is 34.6 Å². The van der Waals surface area contributed by atoms with Gasteiger partial charge in [-0.3, -0.25) is 4.79 Å². The molecule has 1 aliphatic rings. The molecule has 1 saturated heterocycles. The second-order valence-corrected chi connectivity index (χ2v) is 7.73. The van der Waals surface area contributed by atoms with Crippen molar-refractivity contribution in [1.82, 2.24) is 15.2 Å². The molecule has 1 aliphatic heterocycles. The first-order chi connectivity index (χ1) is 12.3. The van der Waals surface area contributed by atoms with Crippen LogP contribution in [-0.2, 0) is 10.9 Å². The van der Waals surface area contributed by atoms with Crippen LogP contribution >= 0.6 is 11.6 Å². The fraction of sp³-hybridized carbons (Fsp3) is 0.588. The molecule has 0 aromatic carbocycles. The molecule has 0 bridgehead atoms. The first-order valence-corrected chi connectivity index (χ1v) is 8.69. The van der Waals surface area contributed by atoms with E-state index in [0.717, 1.165) is 6.07 Å². The number of alkyl halides is 3. The van der Waals surface area contributed by atoms with Crippen molar-refractivity contribution in [2.75, 3.05) is 13.1 Å². The summed E-state index contributed by atoms with van der Waals surface area (Å²) < 4.78 is 43.6. The Balaban J connectivity index is 2.08. The third kappa shape index (κ3) is 5.47. The number of rotatable bonds is 2. The number of nitrogens with zero attached hydrogens (tertiary/aromatic N) is 2. The maximum Gasteiger partial charge on any atom is 0.433 e. The van der Waals surface area contributed by atoms with Crippen LogP contribution in [0, 0.1) is 6.92 Å². The Morgan fingerprint density at radius 1 is 1.33 bits per heavy atom. The third-order valence-corrected chi connectivity index (χ3v) is 4.15. The van der Waals surface area contributed by atoms with Gasteiger partial charge in [0.15, 0.2) is 0 Å². The van der Waals surface area contributed by atoms with Crippen molar-refractivity contribution in [2.45, 2.75) is 51.9 Å². The molecule has 0 unspecified atom stereocenters. The minimum atomic E-state index is -4.65. The molecule has 1 fully saturated rings. The highest BCUT2D eigenvalue weighted by Gasteiger charge is 2.36. The Morgan fingerprint density at radius 2 is 1.96 bits per heavy atom. The number of carbonyl (C=O) groups excluding carboxylic acids is 2. The lowest BCUT2D eigenvalue weighted by Crippen LogP contribution is -2.41. The molecule has 1 aromatic rings. The van der Waals surface area contributed by atoms with Crippen molar-refractivity contribution in [3.05, 3.63) is 28.0 Å². The largest absolute Gasteiger partial charge is 0.444 e. The summed E-state index contributed by atoms with van der Waals surface area (Å²) in [5.74, 6) is -0.521. The number of aromatic nitrogens is 1. The van der Waals surface area contributed by atoms with Crippen LogP contribution in [0.3, 0.4) is 0 Å². The maximum absolute atomic E-state index is 12.8. The molecule has 1 N–H and O–H groups in total. The van der Waals surface area contributed by atoms with Gasteiger partial charge in [0.25, 0.3) is 5.91 Å². The van der Waals surface area contributed by atoms with E-state index in [1.54, 1.807) is 20.8 Å². The number of likely N-dealkylation sites (tertiary alicyclic amines) is 1. The van der Waals surface area contributed by atoms with Gasteiger partial charge in [-0.2, -0.15) is 13.2 Å². The van der Waals surface area contributed by atoms with E-state index in [1.165, 1.54) is 11.8 Å². The first kappa shape index (κ1) is 21.3. The number of hydrogen-bond donors (Lipinski definition) is 1. The van der Waals surface area contributed by atoms with Crippen LogP contribution in [0.25, 0.3) is 0 Å². The molecule has 0 spiro atoms. The summed E-state index contributed by atoms with van der Waals surface area (Å²) in [4.78, 5) is 29.2. The number of aryl methyl sites for hydroxylation is 1. The zero-order valence-corrected chi connectivity index (χ0v) is 16.2. The van der Waals surface area contributed by atoms with Crippen molar-refractivity contribution < 1.29 is 27.5 Å². The molecule has 2 rings (SSSR count). The number of amides is 2. The summed E-state index contributed by atoms with van der Waals surface area (Å²) in [5, 5.41) is 2.19. The predicted octanol–water partition coefficient (Wildman–Crippen LogP) is 3.80. The van der Waals surface area contributed by atoms with E-state index >= 15 is 0 Å². The molecule has 27 heavy (non-hydrogen) atoms. The number of halogens is 4. The van der Waals surface area contributed by atoms with E-state index in [9.17, 15) is 22.8 Å². The highest BCUT2D eigenvalue weighted by molar-refractivity contribution is 6.32. The molecule has 0 aliphatic carbocycles. The molecule has 2 amide bonds. The fourth-order valence-corrected chi connectivity index (χ4v) is 3.05. The fourth-order valence-electron chi connectivity index (χ4n) is 2.73. The molecule has 1 aromatic heterocycles. The number of ether oxygens (including phenoxy) is 1. The SMILES string of the molecule is Cc1cc(C(F)(F)F)nc(Cl)c1C(=O)N1CC[C@H](NC(=O)OC(C)(C)C)C1. The first-order valence-electron chi connectivity index (χ1n) is 8.31. The minimum Gasteiger partial charge on any atom is -0.444 e. The van der Waals surface area contributed by atoms with Gasteiger partial charge >= 0.3 is 12.3 Å². The zero-order chi connectivity index (χ0) is 20.6. The van der Waals surface area contributed by atoms with Crippen LogP contribution < -0.4 is 5.32 Å². The van der Waals surface area contributed by atoms with Gasteiger partial charge in [0, 0.05) is 13.1 Å². The van der Waals surface area contributed by atoms with E-state index in [-0.39, 0.29) is 23.7 Å². The summed E-state index contributed by atoms with van der Waals surface area (Å²) in [6.45, 7) is 7.12. The molecule has 0 radical (unpaired) electrons. The average molecular weight is 408 g/mol. The van der Waals surface area contributed by atoms with Gasteiger partial charge in [0.1, 0.15) is 16.4 Å². The van der Waals surface area contributed by atoms with Gasteiger partial charge in [-0.25, -0.2) is 9.78 Å². The topological polar surface area (TPSA) is 71.5 Å². The summed E-state index contributed by atoms with van der Waals surface area (Å²) >= 11 is 5.86. The van der Waals surface area contributed by atoms with Crippen molar-refractivity contribution in [3.63, 3.8) is 0 Å². The average Bonchev–Trinajstić information content (AvgIpc) is 2.91. The second kappa shape index (κ2) is 7.53. The molecule has 2 heterocycles. The van der Waals surface area contributed by atoms with Gasteiger partial charge in [-0.1, -0.05) is 11.6 Å². The van der Waals surface area contributed by atoms with Gasteiger partial charge in [-0.05, 0) is 45.7 Å². The number of alkyl carbamates (subject to hydrolysis) is 1. The minimum absolute atomic E-state index is 0.0671. The van der Waals surface area contributed by atoms with Crippen molar-refractivity contribution >= 4 is 23.6 Å². The zero-order valence-electron chi connectivity index (χ0n) is 15.4. The van der Waals surface area contributed by atoms with E-state index in [4.69, 9.17) is 16.3 Å². The Kier molecular flexibility index (Phi) is 5.94. The summed E-state index contributed by atoms with van der Waals surface area (Å²) in [7, 11) is 0. The lowest BCUT2D eigenvalue weighted by atomic mass is 10.1. The Bertz CT molecular complexity index is 724. The van der Waals surface area contributed by atoms with Gasteiger partial charge in [0.2, 0.25) is 0 Å². The highest BCUT2D eigenvalue weighted by Crippen LogP contribution is 2.32. The van der Waals surface area contributed by atoms with E-state index in [1.807, 2.05) is 0 Å². The van der Waals surface area contributed by atoms with Crippen LogP contribution in [0.2, 0.25) is 5.15 Å². The maximum atomic E-state index is 12.8. The Hall–Kier alpha value is -2.03. The van der Waals surface area contributed by atoms with E-state index in [0.29, 0.717) is 13.0 Å². The van der Waals surface area contributed by atoms with Crippen LogP contribution in [0.4, 0.5) is 18.0 Å². The standard InChI is InChI=1S/C17H21ClF3N3O3/c1-9-7-11(17(19,20)21)23-13(18)12(9)14(25)24-6-5-10(8-24)22-15(26)27-16(2,3)4/h7,10H,5-6,8H2,1-4H3,(H,22,26)/t10-/m0/s1. The number of hydrogen-bond acceptors (Lipinski definition) is 4. The van der Waals surface area contributed by atoms with Crippen molar-refractivity contribution in [3.8, 4) is 0 Å². The second-order valence-electron chi connectivity index (χ2n) is 7.37. The van der Waals surface area contributed by atoms with Crippen LogP contribution in [0.15, 0.2) is 6.07 Å². The summed E-state index contributed by atoms with van der Waals surface area (Å²) in [6, 6.07) is 0.483. The monoisotopic (exact) mass is 407 g/mol. The molecule has 150 valence electrons. The summed E-state index contributed by atoms with van der Waals surface area (Å²) in [5.41, 5.74) is -1.76. The normalized spacial score (nSPS) is 17.8. The van der Waals surface area contributed by atoms with Crippen LogP contribution in [0.5, 0.6) is 0 Å². The van der Waals surface area contributed by atoms with Crippen LogP contribution in [-0.4, -0.2) is 46.6 Å². The smallest absolute Gasteiger partial charge is 0.433 e. The number of pyridine rings is 1. The summed E-state index contributed by atoms with van der Waals surface area (Å²) in [6.07, 6.45) is -4.74. The van der Waals surface area contributed by atoms with Crippen LogP contribution in [0.1, 0.15) is 48.8 Å². The number of nitrogens with one attached hydrogen (secondary N) is 1. The highest BCUT2D eigenvalue weighted by atomic mass is 35.5. The molecule has 1 atom stereocenters. The molecular formula is C17H21ClF3N3O3. The molecule has 6 nitrogen and oxygen atoms in total. The van der Waals surface area contributed by atoms with Gasteiger partial charge in [0.05, 0.1) is 11.6 Å². The lowest BCUT2D eigenvalue weighted by molar-refractivity contribution is -0.141. The Labute approximate surface area is 160 Å². The van der Waals surface area contributed by atoms with Gasteiger partial charge in [-0.15, -0.1) is 0 Å². The van der Waals surface area contributed by atoms with Crippen molar-refractivity contribution in [2.24, 2.45) is 0 Å². The lowest BCUT2D eigenvalue weighted by Gasteiger charge is -2.22. The molecule has 0 saturated carbocycles. The predicted molar refractivity (Wildman–Crippen MR) is 92.7 cm³/mol. The van der Waals surface area contributed by atoms with E-state index in [2.05, 4.69) is 10.3 Å². The van der Waals surface area contributed by atoms with Gasteiger partial charge < -0.3 is 15.0 Å². The Morgan fingerprint density at radius 3 is 2.48 bits per heavy atom.